The molecule has 0 radical (unpaired) electrons. The predicted molar refractivity (Wildman–Crippen MR) is 309 cm³/mol. The van der Waals surface area contributed by atoms with Crippen molar-refractivity contribution in [3.8, 4) is 18.2 Å². The van der Waals surface area contributed by atoms with Crippen LogP contribution < -0.4 is 20.4 Å². The summed E-state index contributed by atoms with van der Waals surface area (Å²) in [6.45, 7) is 3.22. The highest BCUT2D eigenvalue weighted by molar-refractivity contribution is 7.92. The third-order valence-corrected chi connectivity index (χ3v) is 20.8. The van der Waals surface area contributed by atoms with Gasteiger partial charge in [0.05, 0.1) is 75.9 Å². The monoisotopic (exact) mass is 1190 g/mol. The number of nitrogens with zero attached hydrogens (tertiary/aromatic N) is 11. The van der Waals surface area contributed by atoms with Crippen LogP contribution in [0.3, 0.4) is 0 Å². The topological polar surface area (TPSA) is 292 Å². The average Bonchev–Trinajstić information content (AvgIpc) is 4.35. The molecule has 5 aromatic heterocycles. The van der Waals surface area contributed by atoms with Gasteiger partial charge in [0.1, 0.15) is 29.8 Å². The average molecular weight is 1190 g/mol. The van der Waals surface area contributed by atoms with Gasteiger partial charge in [-0.3, -0.25) is 9.59 Å². The van der Waals surface area contributed by atoms with Crippen LogP contribution in [-0.4, -0.2) is 138 Å². The zero-order valence-electron chi connectivity index (χ0n) is 44.6. The first kappa shape index (κ1) is 59.1. The zero-order valence-corrected chi connectivity index (χ0v) is 47.9. The van der Waals surface area contributed by atoms with Gasteiger partial charge in [-0.05, 0) is 112 Å². The summed E-state index contributed by atoms with van der Waals surface area (Å²) < 4.78 is 63.0. The van der Waals surface area contributed by atoms with E-state index in [9.17, 15) is 30.8 Å². The third-order valence-electron chi connectivity index (χ3n) is 15.3. The van der Waals surface area contributed by atoms with Crippen LogP contribution in [0.1, 0.15) is 87.3 Å². The van der Waals surface area contributed by atoms with E-state index >= 15 is 0 Å². The van der Waals surface area contributed by atoms with E-state index in [1.54, 1.807) is 64.7 Å². The summed E-state index contributed by atoms with van der Waals surface area (Å²) in [7, 11) is -7.15. The van der Waals surface area contributed by atoms with Crippen LogP contribution in [0.4, 0.5) is 16.0 Å². The summed E-state index contributed by atoms with van der Waals surface area (Å²) in [5.41, 5.74) is 6.00. The molecule has 6 fully saturated rings. The normalized spacial score (nSPS) is 21.2. The van der Waals surface area contributed by atoms with Crippen molar-refractivity contribution < 1.29 is 35.9 Å². The van der Waals surface area contributed by atoms with Crippen LogP contribution in [0.2, 0.25) is 0 Å². The van der Waals surface area contributed by atoms with Gasteiger partial charge < -0.3 is 30.4 Å². The Bertz CT molecular complexity index is 3680. The summed E-state index contributed by atoms with van der Waals surface area (Å²) in [6, 6.07) is 29.1. The molecule has 426 valence electrons. The number of rotatable bonds is 10. The predicted octanol–water partition coefficient (Wildman–Crippen LogP) is 7.43. The molecule has 6 unspecified atom stereocenters. The van der Waals surface area contributed by atoms with E-state index in [0.29, 0.717) is 62.3 Å². The molecule has 82 heavy (non-hydrogen) atoms. The maximum absolute atomic E-state index is 12.9. The first-order valence-corrected chi connectivity index (χ1v) is 32.1. The molecule has 3 N–H and O–H groups in total. The minimum atomic E-state index is -3.59. The highest BCUT2D eigenvalue weighted by Crippen LogP contribution is 2.35. The Morgan fingerprint density at radius 1 is 0.598 bits per heavy atom. The van der Waals surface area contributed by atoms with Crippen LogP contribution in [-0.2, 0) is 29.3 Å². The number of pyridine rings is 3. The SMILES string of the molecule is C1CC2CCC(C1)N2.N#Cc1ccc(F)nc1.N#Cc1ccc(N2C3CCC2CN(C(=O)CCS(=O)(=O)c2cccc4ncsc24)C3)nc1.N#Cc1ccc(N2C3CCC2CNC3)nc1.O=C(O)CCS(=O)(=O)c1cccc2ncsc12. The van der Waals surface area contributed by atoms with Gasteiger partial charge in [-0.2, -0.15) is 20.2 Å². The zero-order chi connectivity index (χ0) is 57.8. The van der Waals surface area contributed by atoms with Gasteiger partial charge in [-0.1, -0.05) is 18.6 Å². The van der Waals surface area contributed by atoms with Crippen LogP contribution in [0, 0.1) is 39.9 Å². The Labute approximate surface area is 483 Å². The molecule has 2 aromatic carbocycles. The molecule has 0 saturated carbocycles. The molecular formula is C57H60FN13O7S4. The second-order valence-corrected chi connectivity index (χ2v) is 26.4. The number of aliphatic carboxylic acids is 1. The van der Waals surface area contributed by atoms with E-state index in [4.69, 9.17) is 20.9 Å². The van der Waals surface area contributed by atoms with Gasteiger partial charge in [0, 0.05) is 87.4 Å². The fourth-order valence-corrected chi connectivity index (χ4v) is 16.4. The number of carboxylic acids is 1. The van der Waals surface area contributed by atoms with Gasteiger partial charge >= 0.3 is 5.97 Å². The van der Waals surface area contributed by atoms with Crippen molar-refractivity contribution in [2.45, 2.75) is 117 Å². The quantitative estimate of drug-likeness (QED) is 0.112. The number of carbonyl (C=O) groups is 2. The van der Waals surface area contributed by atoms with Crippen LogP contribution in [0.5, 0.6) is 0 Å². The molecule has 0 aliphatic carbocycles. The highest BCUT2D eigenvalue weighted by Gasteiger charge is 2.42. The number of piperazine rings is 2. The number of aromatic nitrogens is 5. The van der Waals surface area contributed by atoms with Crippen LogP contribution >= 0.6 is 22.7 Å². The van der Waals surface area contributed by atoms with Crippen molar-refractivity contribution in [3.63, 3.8) is 0 Å². The number of hydrogen-bond acceptors (Lipinski definition) is 20. The lowest BCUT2D eigenvalue weighted by Gasteiger charge is -2.41. The van der Waals surface area contributed by atoms with Gasteiger partial charge in [0.25, 0.3) is 0 Å². The standard InChI is InChI=1S/C22H21N5O3S2.C12H14N4.C10H9NO4S2.C7H13N.C6H3FN2/c23-10-15-4-7-20(24-11-15)27-16-5-6-17(27)13-26(12-16)21(28)8-9-32(29,30)19-3-1-2-18-22(19)31-14-25-18;13-5-9-1-4-12(15-6-9)16-10-2-3-11(16)8-14-7-10;12-9(13)4-5-17(14,15)8-3-1-2-7-10(8)16-6-11-7;1-2-6-4-5-7(3-1)8-6;7-6-2-1-5(3-8)4-9-6/h1-4,7,11,14,16-17H,5-6,8-9,12-13H2;1,4,6,10-11,14H,2-3,7-8H2;1-3,6H,4-5H2,(H,12,13);6-8H,1-5H2;1-2,4H. The minimum absolute atomic E-state index is 0.0356. The van der Waals surface area contributed by atoms with Crippen molar-refractivity contribution in [2.75, 3.05) is 47.5 Å². The number of halogens is 1. The van der Waals surface area contributed by atoms with E-state index in [1.165, 1.54) is 85.9 Å². The summed E-state index contributed by atoms with van der Waals surface area (Å²) in [6.07, 6.45) is 15.7. The second kappa shape index (κ2) is 27.0. The van der Waals surface area contributed by atoms with Crippen LogP contribution in [0.25, 0.3) is 20.4 Å². The lowest BCUT2D eigenvalue weighted by atomic mass is 10.1. The first-order valence-electron chi connectivity index (χ1n) is 27.0. The number of benzene rings is 2. The van der Waals surface area contributed by atoms with Crippen molar-refractivity contribution >= 4 is 86.3 Å². The number of amides is 1. The summed E-state index contributed by atoms with van der Waals surface area (Å²) in [5.74, 6) is -0.570. The Hall–Kier alpha value is -7.57. The maximum atomic E-state index is 12.9. The molecule has 6 atom stereocenters. The van der Waals surface area contributed by atoms with Gasteiger partial charge in [0.15, 0.2) is 19.7 Å². The number of nitriles is 3. The lowest BCUT2D eigenvalue weighted by Crippen LogP contribution is -2.55. The molecule has 11 heterocycles. The molecule has 6 saturated heterocycles. The molecule has 6 aliphatic rings. The van der Waals surface area contributed by atoms with Crippen LogP contribution in [0.15, 0.2) is 112 Å². The molecule has 20 nitrogen and oxygen atoms in total. The Morgan fingerprint density at radius 3 is 1.50 bits per heavy atom. The fraction of sp³-hybridized carbons (Fsp3) is 0.404. The summed E-state index contributed by atoms with van der Waals surface area (Å²) >= 11 is 2.53. The van der Waals surface area contributed by atoms with E-state index in [2.05, 4.69) is 57.5 Å². The molecule has 7 aromatic rings. The van der Waals surface area contributed by atoms with E-state index in [1.807, 2.05) is 24.3 Å². The summed E-state index contributed by atoms with van der Waals surface area (Å²) in [4.78, 5) is 50.5. The molecule has 13 rings (SSSR count). The highest BCUT2D eigenvalue weighted by atomic mass is 32.2. The third kappa shape index (κ3) is 14.5. The molecule has 0 spiro atoms. The molecule has 6 bridgehead atoms. The number of fused-ring (bicyclic) bond motifs is 8. The largest absolute Gasteiger partial charge is 0.481 e. The molecule has 1 amide bonds. The second-order valence-electron chi connectivity index (χ2n) is 20.6. The number of hydrogen-bond donors (Lipinski definition) is 3. The Balaban J connectivity index is 0.000000136. The van der Waals surface area contributed by atoms with E-state index in [0.717, 1.165) is 55.7 Å². The number of carbonyl (C=O) groups excluding carboxylic acids is 1. The van der Waals surface area contributed by atoms with Crippen molar-refractivity contribution in [1.82, 2.24) is 40.5 Å². The Morgan fingerprint density at radius 2 is 1.06 bits per heavy atom. The number of piperidine rings is 1. The maximum Gasteiger partial charge on any atom is 0.304 e. The first-order chi connectivity index (χ1) is 39.6. The summed E-state index contributed by atoms with van der Waals surface area (Å²) in [5, 5.41) is 41.5. The number of thiazole rings is 2. The number of nitrogens with one attached hydrogen (secondary N) is 2. The van der Waals surface area contributed by atoms with Crippen molar-refractivity contribution in [1.29, 1.82) is 15.8 Å². The van der Waals surface area contributed by atoms with Gasteiger partial charge in [0.2, 0.25) is 11.9 Å². The van der Waals surface area contributed by atoms with Crippen molar-refractivity contribution in [3.05, 3.63) is 125 Å². The molecule has 25 heteroatoms. The smallest absolute Gasteiger partial charge is 0.304 e. The Kier molecular flexibility index (Phi) is 19.5. The van der Waals surface area contributed by atoms with Gasteiger partial charge in [-0.15, -0.1) is 22.7 Å². The molecular weight excluding hydrogens is 1130 g/mol. The lowest BCUT2D eigenvalue weighted by molar-refractivity contribution is -0.136. The van der Waals surface area contributed by atoms with Gasteiger partial charge in [-0.25, -0.2) is 41.8 Å². The van der Waals surface area contributed by atoms with E-state index < -0.39 is 38.0 Å². The number of anilines is 2. The fourth-order valence-electron chi connectivity index (χ4n) is 11.3. The van der Waals surface area contributed by atoms with Crippen molar-refractivity contribution in [2.24, 2.45) is 0 Å². The minimum Gasteiger partial charge on any atom is -0.481 e. The molecule has 6 aliphatic heterocycles. The number of carboxylic acid groups (broad SMARTS) is 1. The number of likely N-dealkylation sites (tertiary alicyclic amines) is 1. The number of sulfone groups is 2. The van der Waals surface area contributed by atoms with E-state index in [-0.39, 0.29) is 45.7 Å².